The summed E-state index contributed by atoms with van der Waals surface area (Å²) in [6.45, 7) is 6.74. The minimum atomic E-state index is -0.821. The smallest absolute Gasteiger partial charge is 0.155 e. The van der Waals surface area contributed by atoms with Gasteiger partial charge in [0.15, 0.2) is 6.29 Å². The summed E-state index contributed by atoms with van der Waals surface area (Å²) >= 11 is 6.41. The number of ether oxygens (including phenoxy) is 2. The van der Waals surface area contributed by atoms with Crippen LogP contribution in [-0.4, -0.2) is 54.2 Å². The Kier molecular flexibility index (Phi) is 7.65. The molecular weight excluding hydrogens is 436 g/mol. The second-order valence-electron chi connectivity index (χ2n) is 9.35. The van der Waals surface area contributed by atoms with Crippen LogP contribution in [0.2, 0.25) is 5.02 Å². The number of hydrogen-bond donors (Lipinski definition) is 1. The number of hydrogen-bond acceptors (Lipinski definition) is 4. The van der Waals surface area contributed by atoms with Crippen molar-refractivity contribution < 1.29 is 14.6 Å². The molecule has 2 heterocycles. The van der Waals surface area contributed by atoms with Gasteiger partial charge in [-0.2, -0.15) is 0 Å². The number of aliphatic hydroxyl groups is 1. The maximum Gasteiger partial charge on any atom is 0.155 e. The molecule has 1 aliphatic heterocycles. The molecule has 33 heavy (non-hydrogen) atoms. The summed E-state index contributed by atoms with van der Waals surface area (Å²) in [7, 11) is 3.86. The van der Waals surface area contributed by atoms with Crippen molar-refractivity contribution in [2.75, 3.05) is 27.2 Å². The van der Waals surface area contributed by atoms with Crippen LogP contribution in [0.5, 0.6) is 5.75 Å². The lowest BCUT2D eigenvalue weighted by molar-refractivity contribution is -0.132. The van der Waals surface area contributed by atoms with Gasteiger partial charge in [0.25, 0.3) is 0 Å². The summed E-state index contributed by atoms with van der Waals surface area (Å²) in [5.41, 5.74) is 5.17. The Hall–Kier alpha value is -2.05. The number of rotatable bonds is 8. The third-order valence-electron chi connectivity index (χ3n) is 6.63. The standard InChI is InChI=1S/C27H35ClN2O3/c1-18(2)33-27(31)15-20(19-5-8-22(32-4)9-6-19)17-30-25-10-7-21(28)16-24(25)23-11-13-29(3)14-12-26(23)30/h5-10,16,18,20,27,31H,11-15,17H2,1-4H3. The van der Waals surface area contributed by atoms with E-state index in [0.29, 0.717) is 6.42 Å². The van der Waals surface area contributed by atoms with Gasteiger partial charge in [0.1, 0.15) is 5.75 Å². The monoisotopic (exact) mass is 470 g/mol. The zero-order valence-corrected chi connectivity index (χ0v) is 20.8. The number of aliphatic hydroxyl groups excluding tert-OH is 1. The third kappa shape index (κ3) is 5.55. The summed E-state index contributed by atoms with van der Waals surface area (Å²) in [5.74, 6) is 0.912. The SMILES string of the molecule is COc1ccc(C(CC(O)OC(C)C)Cn2c3c(c4cc(Cl)ccc42)CCN(C)CC3)cc1. The fourth-order valence-corrected chi connectivity index (χ4v) is 5.13. The molecule has 4 rings (SSSR count). The molecule has 0 aliphatic carbocycles. The number of nitrogens with zero attached hydrogens (tertiary/aromatic N) is 2. The van der Waals surface area contributed by atoms with E-state index in [0.717, 1.165) is 48.8 Å². The minimum absolute atomic E-state index is 0.0297. The average molecular weight is 471 g/mol. The molecule has 0 amide bonds. The number of aromatic nitrogens is 1. The number of halogens is 1. The van der Waals surface area contributed by atoms with Crippen molar-refractivity contribution in [3.05, 3.63) is 64.3 Å². The van der Waals surface area contributed by atoms with Gasteiger partial charge in [0.05, 0.1) is 13.2 Å². The van der Waals surface area contributed by atoms with Crippen LogP contribution in [0.4, 0.5) is 0 Å². The predicted octanol–water partition coefficient (Wildman–Crippen LogP) is 5.25. The van der Waals surface area contributed by atoms with Gasteiger partial charge in [0, 0.05) is 60.0 Å². The molecule has 0 saturated heterocycles. The van der Waals surface area contributed by atoms with Crippen molar-refractivity contribution in [3.8, 4) is 5.75 Å². The largest absolute Gasteiger partial charge is 0.497 e. The number of fused-ring (bicyclic) bond motifs is 3. The van der Waals surface area contributed by atoms with E-state index in [4.69, 9.17) is 21.1 Å². The second kappa shape index (κ2) is 10.5. The number of benzene rings is 2. The molecule has 2 atom stereocenters. The minimum Gasteiger partial charge on any atom is -0.497 e. The highest BCUT2D eigenvalue weighted by molar-refractivity contribution is 6.31. The first-order chi connectivity index (χ1) is 15.9. The van der Waals surface area contributed by atoms with Crippen molar-refractivity contribution in [2.24, 2.45) is 0 Å². The van der Waals surface area contributed by atoms with E-state index < -0.39 is 6.29 Å². The normalized spacial score (nSPS) is 16.6. The topological polar surface area (TPSA) is 46.9 Å². The van der Waals surface area contributed by atoms with Gasteiger partial charge in [-0.3, -0.25) is 0 Å². The molecule has 1 N–H and O–H groups in total. The molecule has 0 saturated carbocycles. The van der Waals surface area contributed by atoms with Gasteiger partial charge in [-0.05, 0) is 68.8 Å². The zero-order chi connectivity index (χ0) is 23.5. The van der Waals surface area contributed by atoms with Crippen molar-refractivity contribution in [1.29, 1.82) is 0 Å². The first-order valence-electron chi connectivity index (χ1n) is 11.8. The fourth-order valence-electron chi connectivity index (χ4n) is 4.96. The highest BCUT2D eigenvalue weighted by Gasteiger charge is 2.25. The van der Waals surface area contributed by atoms with E-state index in [1.165, 1.54) is 22.2 Å². The Morgan fingerprint density at radius 3 is 2.48 bits per heavy atom. The van der Waals surface area contributed by atoms with Crippen LogP contribution in [0.15, 0.2) is 42.5 Å². The van der Waals surface area contributed by atoms with Crippen LogP contribution < -0.4 is 4.74 Å². The van der Waals surface area contributed by atoms with Crippen molar-refractivity contribution in [2.45, 2.75) is 58.0 Å². The molecule has 0 spiro atoms. The number of methoxy groups -OCH3 is 1. The van der Waals surface area contributed by atoms with E-state index in [1.807, 2.05) is 32.0 Å². The Morgan fingerprint density at radius 1 is 1.06 bits per heavy atom. The molecule has 0 radical (unpaired) electrons. The molecule has 2 unspecified atom stereocenters. The first kappa shape index (κ1) is 24.1. The highest BCUT2D eigenvalue weighted by atomic mass is 35.5. The van der Waals surface area contributed by atoms with Crippen molar-refractivity contribution in [3.63, 3.8) is 0 Å². The van der Waals surface area contributed by atoms with Crippen molar-refractivity contribution in [1.82, 2.24) is 9.47 Å². The lowest BCUT2D eigenvalue weighted by Gasteiger charge is -2.25. The molecule has 2 aromatic carbocycles. The van der Waals surface area contributed by atoms with Crippen molar-refractivity contribution >= 4 is 22.5 Å². The molecule has 0 fully saturated rings. The van der Waals surface area contributed by atoms with Crippen LogP contribution in [0.3, 0.4) is 0 Å². The Bertz CT molecular complexity index is 1080. The van der Waals surface area contributed by atoms with Crippen LogP contribution >= 0.6 is 11.6 Å². The van der Waals surface area contributed by atoms with Gasteiger partial charge >= 0.3 is 0 Å². The molecule has 3 aromatic rings. The van der Waals surface area contributed by atoms with Crippen LogP contribution in [-0.2, 0) is 24.1 Å². The molecule has 1 aliphatic rings. The van der Waals surface area contributed by atoms with Crippen LogP contribution in [0.1, 0.15) is 43.0 Å². The molecule has 178 valence electrons. The summed E-state index contributed by atoms with van der Waals surface area (Å²) in [6, 6.07) is 14.4. The van der Waals surface area contributed by atoms with Gasteiger partial charge in [-0.25, -0.2) is 0 Å². The van der Waals surface area contributed by atoms with E-state index in [1.54, 1.807) is 7.11 Å². The maximum absolute atomic E-state index is 10.7. The van der Waals surface area contributed by atoms with E-state index in [-0.39, 0.29) is 12.0 Å². The first-order valence-corrected chi connectivity index (χ1v) is 12.2. The summed E-state index contributed by atoms with van der Waals surface area (Å²) in [5, 5.41) is 12.7. The quantitative estimate of drug-likeness (QED) is 0.457. The Balaban J connectivity index is 1.75. The van der Waals surface area contributed by atoms with Crippen LogP contribution in [0.25, 0.3) is 10.9 Å². The van der Waals surface area contributed by atoms with E-state index in [9.17, 15) is 5.11 Å². The van der Waals surface area contributed by atoms with Gasteiger partial charge < -0.3 is 24.0 Å². The Labute approximate surface area is 201 Å². The summed E-state index contributed by atoms with van der Waals surface area (Å²) in [4.78, 5) is 2.39. The summed E-state index contributed by atoms with van der Waals surface area (Å²) in [6.07, 6.45) is 1.68. The highest BCUT2D eigenvalue weighted by Crippen LogP contribution is 2.35. The third-order valence-corrected chi connectivity index (χ3v) is 6.86. The molecular formula is C27H35ClN2O3. The average Bonchev–Trinajstić information content (AvgIpc) is 2.92. The molecule has 5 nitrogen and oxygen atoms in total. The predicted molar refractivity (Wildman–Crippen MR) is 134 cm³/mol. The second-order valence-corrected chi connectivity index (χ2v) is 9.78. The summed E-state index contributed by atoms with van der Waals surface area (Å²) < 4.78 is 13.5. The molecule has 1 aromatic heterocycles. The zero-order valence-electron chi connectivity index (χ0n) is 20.1. The van der Waals surface area contributed by atoms with Crippen LogP contribution in [0, 0.1) is 0 Å². The lowest BCUT2D eigenvalue weighted by atomic mass is 9.94. The van der Waals surface area contributed by atoms with Gasteiger partial charge in [-0.1, -0.05) is 23.7 Å². The van der Waals surface area contributed by atoms with E-state index in [2.05, 4.69) is 40.8 Å². The molecule has 0 bridgehead atoms. The van der Waals surface area contributed by atoms with Gasteiger partial charge in [-0.15, -0.1) is 0 Å². The van der Waals surface area contributed by atoms with Gasteiger partial charge in [0.2, 0.25) is 0 Å². The maximum atomic E-state index is 10.7. The lowest BCUT2D eigenvalue weighted by Crippen LogP contribution is -2.23. The number of likely N-dealkylation sites (N-methyl/N-ethyl adjacent to an activating group) is 1. The fraction of sp³-hybridized carbons (Fsp3) is 0.481. The molecule has 6 heteroatoms. The van der Waals surface area contributed by atoms with E-state index >= 15 is 0 Å². The Morgan fingerprint density at radius 2 is 1.79 bits per heavy atom.